The molecule has 0 unspecified atom stereocenters. The van der Waals surface area contributed by atoms with E-state index in [0.717, 1.165) is 11.3 Å². The Morgan fingerprint density at radius 3 is 2.72 bits per heavy atom. The van der Waals surface area contributed by atoms with E-state index >= 15 is 0 Å². The van der Waals surface area contributed by atoms with Gasteiger partial charge < -0.3 is 14.9 Å². The minimum Gasteiger partial charge on any atom is -0.456 e. The maximum atomic E-state index is 11.9. The van der Waals surface area contributed by atoms with E-state index in [1.54, 1.807) is 22.7 Å². The SMILES string of the molecule is CC(C)(C)OC(=O)c1ccc2nc(CN)cn2c1. The quantitative estimate of drug-likeness (QED) is 0.821. The molecule has 2 aromatic rings. The number of nitrogens with two attached hydrogens (primary N) is 1. The number of hydrogen-bond donors (Lipinski definition) is 1. The summed E-state index contributed by atoms with van der Waals surface area (Å²) in [5.41, 5.74) is 7.08. The van der Waals surface area contributed by atoms with Gasteiger partial charge in [-0.1, -0.05) is 0 Å². The Morgan fingerprint density at radius 2 is 2.11 bits per heavy atom. The van der Waals surface area contributed by atoms with E-state index in [1.807, 2.05) is 27.0 Å². The predicted molar refractivity (Wildman–Crippen MR) is 68.3 cm³/mol. The lowest BCUT2D eigenvalue weighted by atomic mass is 10.2. The number of pyridine rings is 1. The summed E-state index contributed by atoms with van der Waals surface area (Å²) >= 11 is 0. The third-order valence-corrected chi connectivity index (χ3v) is 2.34. The summed E-state index contributed by atoms with van der Waals surface area (Å²) in [6.45, 7) is 5.90. The Labute approximate surface area is 106 Å². The van der Waals surface area contributed by atoms with E-state index in [9.17, 15) is 4.79 Å². The molecule has 0 radical (unpaired) electrons. The van der Waals surface area contributed by atoms with Gasteiger partial charge >= 0.3 is 5.97 Å². The van der Waals surface area contributed by atoms with Crippen molar-refractivity contribution in [3.05, 3.63) is 35.8 Å². The van der Waals surface area contributed by atoms with E-state index in [0.29, 0.717) is 12.1 Å². The Morgan fingerprint density at radius 1 is 1.39 bits per heavy atom. The number of esters is 1. The minimum absolute atomic E-state index is 0.340. The van der Waals surface area contributed by atoms with Crippen molar-refractivity contribution in [2.24, 2.45) is 5.73 Å². The number of aromatic nitrogens is 2. The van der Waals surface area contributed by atoms with Crippen molar-refractivity contribution >= 4 is 11.6 Å². The first kappa shape index (κ1) is 12.6. The van der Waals surface area contributed by atoms with Crippen LogP contribution in [0.15, 0.2) is 24.5 Å². The van der Waals surface area contributed by atoms with Gasteiger partial charge in [0.15, 0.2) is 0 Å². The van der Waals surface area contributed by atoms with E-state index in [-0.39, 0.29) is 5.97 Å². The lowest BCUT2D eigenvalue weighted by Gasteiger charge is -2.19. The van der Waals surface area contributed by atoms with Crippen molar-refractivity contribution in [3.8, 4) is 0 Å². The van der Waals surface area contributed by atoms with Crippen LogP contribution in [0.1, 0.15) is 36.8 Å². The summed E-state index contributed by atoms with van der Waals surface area (Å²) in [7, 11) is 0. The number of rotatable bonds is 2. The van der Waals surface area contributed by atoms with Gasteiger partial charge in [0.25, 0.3) is 0 Å². The second kappa shape index (κ2) is 4.42. The van der Waals surface area contributed by atoms with E-state index < -0.39 is 5.60 Å². The summed E-state index contributed by atoms with van der Waals surface area (Å²) < 4.78 is 7.09. The molecule has 0 aromatic carbocycles. The molecule has 0 atom stereocenters. The van der Waals surface area contributed by atoms with Crippen molar-refractivity contribution < 1.29 is 9.53 Å². The molecule has 0 spiro atoms. The molecule has 2 N–H and O–H groups in total. The van der Waals surface area contributed by atoms with E-state index in [4.69, 9.17) is 10.5 Å². The molecule has 5 nitrogen and oxygen atoms in total. The van der Waals surface area contributed by atoms with Crippen LogP contribution in [0.4, 0.5) is 0 Å². The fraction of sp³-hybridized carbons (Fsp3) is 0.385. The molecule has 0 amide bonds. The maximum Gasteiger partial charge on any atom is 0.340 e. The van der Waals surface area contributed by atoms with Crippen molar-refractivity contribution in [1.29, 1.82) is 0 Å². The maximum absolute atomic E-state index is 11.9. The first-order valence-corrected chi connectivity index (χ1v) is 5.80. The van der Waals surface area contributed by atoms with Gasteiger partial charge in [0.1, 0.15) is 11.2 Å². The van der Waals surface area contributed by atoms with Crippen LogP contribution in [-0.2, 0) is 11.3 Å². The summed E-state index contributed by atoms with van der Waals surface area (Å²) in [6.07, 6.45) is 3.51. The summed E-state index contributed by atoms with van der Waals surface area (Å²) in [4.78, 5) is 16.2. The van der Waals surface area contributed by atoms with E-state index in [1.165, 1.54) is 0 Å². The zero-order valence-corrected chi connectivity index (χ0v) is 10.8. The number of nitrogens with zero attached hydrogens (tertiary/aromatic N) is 2. The molecular formula is C13H17N3O2. The second-order valence-electron chi connectivity index (χ2n) is 5.12. The zero-order valence-electron chi connectivity index (χ0n) is 10.8. The lowest BCUT2D eigenvalue weighted by molar-refractivity contribution is 0.00690. The highest BCUT2D eigenvalue weighted by Gasteiger charge is 2.18. The lowest BCUT2D eigenvalue weighted by Crippen LogP contribution is -2.24. The molecule has 96 valence electrons. The monoisotopic (exact) mass is 247 g/mol. The van der Waals surface area contributed by atoms with Crippen LogP contribution < -0.4 is 5.73 Å². The third-order valence-electron chi connectivity index (χ3n) is 2.34. The average Bonchev–Trinajstić information content (AvgIpc) is 2.68. The van der Waals surface area contributed by atoms with Gasteiger partial charge in [-0.05, 0) is 32.9 Å². The molecule has 2 heterocycles. The first-order chi connectivity index (χ1) is 8.39. The van der Waals surface area contributed by atoms with Gasteiger partial charge in [0, 0.05) is 18.9 Å². The predicted octanol–water partition coefficient (Wildman–Crippen LogP) is 1.75. The Bertz CT molecular complexity index is 581. The standard InChI is InChI=1S/C13H17N3O2/c1-13(2,3)18-12(17)9-4-5-11-15-10(6-14)8-16(11)7-9/h4-5,7-8H,6,14H2,1-3H3. The molecule has 0 aliphatic heterocycles. The van der Waals surface area contributed by atoms with Crippen molar-refractivity contribution in [1.82, 2.24) is 9.38 Å². The highest BCUT2D eigenvalue weighted by molar-refractivity contribution is 5.89. The average molecular weight is 247 g/mol. The highest BCUT2D eigenvalue weighted by atomic mass is 16.6. The summed E-state index contributed by atoms with van der Waals surface area (Å²) in [5.74, 6) is -0.340. The van der Waals surface area contributed by atoms with Gasteiger partial charge in [-0.2, -0.15) is 0 Å². The van der Waals surface area contributed by atoms with Crippen molar-refractivity contribution in [2.45, 2.75) is 32.9 Å². The minimum atomic E-state index is -0.497. The van der Waals surface area contributed by atoms with Crippen LogP contribution in [-0.4, -0.2) is 21.0 Å². The Kier molecular flexibility index (Phi) is 3.09. The summed E-state index contributed by atoms with van der Waals surface area (Å²) in [5, 5.41) is 0. The molecule has 18 heavy (non-hydrogen) atoms. The van der Waals surface area contributed by atoms with Gasteiger partial charge in [-0.3, -0.25) is 0 Å². The molecule has 0 fully saturated rings. The Hall–Kier alpha value is -1.88. The zero-order chi connectivity index (χ0) is 13.3. The highest BCUT2D eigenvalue weighted by Crippen LogP contribution is 2.13. The number of hydrogen-bond acceptors (Lipinski definition) is 4. The number of carbonyl (C=O) groups is 1. The van der Waals surface area contributed by atoms with Gasteiger partial charge in [-0.15, -0.1) is 0 Å². The van der Waals surface area contributed by atoms with Crippen LogP contribution in [0.3, 0.4) is 0 Å². The Balaban J connectivity index is 2.32. The molecule has 0 bridgehead atoms. The number of fused-ring (bicyclic) bond motifs is 1. The molecule has 2 aromatic heterocycles. The molecule has 5 heteroatoms. The van der Waals surface area contributed by atoms with Crippen molar-refractivity contribution in [3.63, 3.8) is 0 Å². The largest absolute Gasteiger partial charge is 0.456 e. The first-order valence-electron chi connectivity index (χ1n) is 5.80. The molecular weight excluding hydrogens is 230 g/mol. The van der Waals surface area contributed by atoms with Crippen LogP contribution in [0, 0.1) is 0 Å². The number of ether oxygens (including phenoxy) is 1. The molecule has 0 saturated carbocycles. The fourth-order valence-electron chi connectivity index (χ4n) is 1.60. The second-order valence-corrected chi connectivity index (χ2v) is 5.12. The normalized spacial score (nSPS) is 11.8. The molecule has 0 aliphatic carbocycles. The number of imidazole rings is 1. The van der Waals surface area contributed by atoms with Crippen LogP contribution in [0.25, 0.3) is 5.65 Å². The summed E-state index contributed by atoms with van der Waals surface area (Å²) in [6, 6.07) is 3.48. The van der Waals surface area contributed by atoms with E-state index in [2.05, 4.69) is 4.98 Å². The molecule has 0 saturated heterocycles. The van der Waals surface area contributed by atoms with Gasteiger partial charge in [0.2, 0.25) is 0 Å². The molecule has 2 rings (SSSR count). The third kappa shape index (κ3) is 2.68. The fourth-order valence-corrected chi connectivity index (χ4v) is 1.60. The van der Waals surface area contributed by atoms with Crippen LogP contribution in [0.2, 0.25) is 0 Å². The number of carbonyl (C=O) groups excluding carboxylic acids is 1. The smallest absolute Gasteiger partial charge is 0.340 e. The van der Waals surface area contributed by atoms with Gasteiger partial charge in [-0.25, -0.2) is 9.78 Å². The van der Waals surface area contributed by atoms with Crippen molar-refractivity contribution in [2.75, 3.05) is 0 Å². The van der Waals surface area contributed by atoms with Gasteiger partial charge in [0.05, 0.1) is 11.3 Å². The molecule has 0 aliphatic rings. The van der Waals surface area contributed by atoms with Crippen LogP contribution in [0.5, 0.6) is 0 Å². The van der Waals surface area contributed by atoms with Crippen LogP contribution >= 0.6 is 0 Å². The topological polar surface area (TPSA) is 69.6 Å².